The third kappa shape index (κ3) is 3.89. The van der Waals surface area contributed by atoms with Crippen molar-refractivity contribution in [1.29, 1.82) is 0 Å². The van der Waals surface area contributed by atoms with Crippen molar-refractivity contribution in [2.75, 3.05) is 32.8 Å². The molecule has 2 aromatic rings. The number of hydrogen-bond acceptors (Lipinski definition) is 6. The summed E-state index contributed by atoms with van der Waals surface area (Å²) in [5, 5.41) is 3.29. The van der Waals surface area contributed by atoms with Crippen LogP contribution in [0.3, 0.4) is 0 Å². The van der Waals surface area contributed by atoms with Crippen molar-refractivity contribution in [2.24, 2.45) is 0 Å². The van der Waals surface area contributed by atoms with Gasteiger partial charge >= 0.3 is 0 Å². The zero-order valence-corrected chi connectivity index (χ0v) is 15.9. The van der Waals surface area contributed by atoms with Gasteiger partial charge in [0.1, 0.15) is 5.01 Å². The van der Waals surface area contributed by atoms with Crippen molar-refractivity contribution >= 4 is 22.7 Å². The molecule has 2 aliphatic heterocycles. The Bertz CT molecular complexity index is 647. The van der Waals surface area contributed by atoms with E-state index in [0.29, 0.717) is 0 Å². The van der Waals surface area contributed by atoms with Crippen LogP contribution in [-0.2, 0) is 17.8 Å². The van der Waals surface area contributed by atoms with Crippen LogP contribution in [0.25, 0.3) is 0 Å². The minimum atomic E-state index is 0.0668. The fraction of sp³-hybridized carbons (Fsp3) is 0.611. The number of likely N-dealkylation sites (tertiary alicyclic amines) is 1. The summed E-state index contributed by atoms with van der Waals surface area (Å²) < 4.78 is 6.28. The Morgan fingerprint density at radius 3 is 2.75 bits per heavy atom. The van der Waals surface area contributed by atoms with Crippen LogP contribution in [-0.4, -0.2) is 53.2 Å². The minimum Gasteiger partial charge on any atom is -0.372 e. The second kappa shape index (κ2) is 7.22. The Balaban J connectivity index is 1.31. The van der Waals surface area contributed by atoms with E-state index in [2.05, 4.69) is 39.2 Å². The molecular weight excluding hydrogens is 338 g/mol. The highest BCUT2D eigenvalue weighted by molar-refractivity contribution is 7.11. The van der Waals surface area contributed by atoms with Gasteiger partial charge in [-0.1, -0.05) is 0 Å². The van der Waals surface area contributed by atoms with Crippen LogP contribution in [0.2, 0.25) is 0 Å². The number of aryl methyl sites for hydroxylation is 1. The van der Waals surface area contributed by atoms with Crippen LogP contribution in [0, 0.1) is 6.92 Å². The maximum absolute atomic E-state index is 6.28. The van der Waals surface area contributed by atoms with Crippen LogP contribution in [0.15, 0.2) is 23.7 Å². The summed E-state index contributed by atoms with van der Waals surface area (Å²) in [6, 6.07) is 4.50. The Kier molecular flexibility index (Phi) is 5.01. The smallest absolute Gasteiger partial charge is 0.107 e. The second-order valence-electron chi connectivity index (χ2n) is 6.96. The molecule has 4 rings (SSSR count). The van der Waals surface area contributed by atoms with Crippen molar-refractivity contribution in [2.45, 2.75) is 38.5 Å². The maximum atomic E-state index is 6.28. The molecule has 0 atom stereocenters. The third-order valence-electron chi connectivity index (χ3n) is 5.11. The van der Waals surface area contributed by atoms with Crippen LogP contribution in [0.4, 0.5) is 0 Å². The molecule has 2 aromatic heterocycles. The monoisotopic (exact) mass is 363 g/mol. The van der Waals surface area contributed by atoms with E-state index in [1.807, 2.05) is 17.5 Å². The van der Waals surface area contributed by atoms with Crippen LogP contribution < -0.4 is 0 Å². The molecule has 0 amide bonds. The first-order valence-electron chi connectivity index (χ1n) is 8.73. The Hall–Kier alpha value is -0.790. The lowest BCUT2D eigenvalue weighted by Crippen LogP contribution is -2.56. The lowest BCUT2D eigenvalue weighted by atomic mass is 9.89. The molecule has 24 heavy (non-hydrogen) atoms. The molecule has 4 nitrogen and oxygen atoms in total. The summed E-state index contributed by atoms with van der Waals surface area (Å²) in [5.41, 5.74) is 0.0668. The third-order valence-corrected chi connectivity index (χ3v) is 6.86. The molecule has 130 valence electrons. The van der Waals surface area contributed by atoms with Gasteiger partial charge in [0, 0.05) is 54.1 Å². The Morgan fingerprint density at radius 1 is 1.17 bits per heavy atom. The van der Waals surface area contributed by atoms with E-state index < -0.39 is 0 Å². The van der Waals surface area contributed by atoms with Crippen LogP contribution in [0.5, 0.6) is 0 Å². The van der Waals surface area contributed by atoms with E-state index in [1.165, 1.54) is 14.8 Å². The van der Waals surface area contributed by atoms with E-state index in [1.54, 1.807) is 11.3 Å². The first-order chi connectivity index (χ1) is 11.7. The zero-order valence-electron chi connectivity index (χ0n) is 14.2. The SMILES string of the molecule is Cc1ccc(CN2CCC3(CC2)CN(Cc2nccs2)CCO3)s1. The fourth-order valence-corrected chi connectivity index (χ4v) is 5.38. The molecule has 0 saturated carbocycles. The van der Waals surface area contributed by atoms with Gasteiger partial charge in [0.2, 0.25) is 0 Å². The van der Waals surface area contributed by atoms with Crippen molar-refractivity contribution in [1.82, 2.24) is 14.8 Å². The maximum Gasteiger partial charge on any atom is 0.107 e. The van der Waals surface area contributed by atoms with Gasteiger partial charge in [-0.3, -0.25) is 9.80 Å². The van der Waals surface area contributed by atoms with Crippen LogP contribution in [0.1, 0.15) is 27.6 Å². The molecule has 0 radical (unpaired) electrons. The van der Waals surface area contributed by atoms with Gasteiger partial charge in [-0.2, -0.15) is 0 Å². The van der Waals surface area contributed by atoms with E-state index in [4.69, 9.17) is 4.74 Å². The van der Waals surface area contributed by atoms with Gasteiger partial charge in [0.15, 0.2) is 0 Å². The molecule has 0 bridgehead atoms. The Labute approximate surface area is 152 Å². The quantitative estimate of drug-likeness (QED) is 0.833. The lowest BCUT2D eigenvalue weighted by molar-refractivity contribution is -0.138. The second-order valence-corrected chi connectivity index (χ2v) is 9.31. The molecule has 0 N–H and O–H groups in total. The zero-order chi connectivity index (χ0) is 16.4. The number of thiazole rings is 1. The molecule has 0 unspecified atom stereocenters. The molecule has 0 aliphatic carbocycles. The van der Waals surface area contributed by atoms with Crippen molar-refractivity contribution in [3.63, 3.8) is 0 Å². The fourth-order valence-electron chi connectivity index (χ4n) is 3.79. The van der Waals surface area contributed by atoms with E-state index in [0.717, 1.165) is 58.7 Å². The first-order valence-corrected chi connectivity index (χ1v) is 10.4. The summed E-state index contributed by atoms with van der Waals surface area (Å²) in [6.45, 7) is 9.47. The predicted octanol–water partition coefficient (Wildman–Crippen LogP) is 3.38. The number of ether oxygens (including phenoxy) is 1. The highest BCUT2D eigenvalue weighted by Crippen LogP contribution is 2.32. The number of hydrogen-bond donors (Lipinski definition) is 0. The summed E-state index contributed by atoms with van der Waals surface area (Å²) in [5.74, 6) is 0. The molecule has 4 heterocycles. The first kappa shape index (κ1) is 16.7. The van der Waals surface area contributed by atoms with Crippen LogP contribution >= 0.6 is 22.7 Å². The molecular formula is C18H25N3OS2. The van der Waals surface area contributed by atoms with Gasteiger partial charge in [-0.25, -0.2) is 4.98 Å². The number of morpholine rings is 1. The average molecular weight is 364 g/mol. The van der Waals surface area contributed by atoms with E-state index in [9.17, 15) is 0 Å². The van der Waals surface area contributed by atoms with Crippen molar-refractivity contribution in [3.8, 4) is 0 Å². The van der Waals surface area contributed by atoms with E-state index >= 15 is 0 Å². The van der Waals surface area contributed by atoms with Gasteiger partial charge in [0.25, 0.3) is 0 Å². The number of rotatable bonds is 4. The predicted molar refractivity (Wildman–Crippen MR) is 99.6 cm³/mol. The highest BCUT2D eigenvalue weighted by atomic mass is 32.1. The van der Waals surface area contributed by atoms with E-state index in [-0.39, 0.29) is 5.60 Å². The molecule has 2 aliphatic rings. The molecule has 0 aromatic carbocycles. The largest absolute Gasteiger partial charge is 0.372 e. The number of aromatic nitrogens is 1. The van der Waals surface area contributed by atoms with Gasteiger partial charge in [-0.15, -0.1) is 22.7 Å². The van der Waals surface area contributed by atoms with Gasteiger partial charge in [-0.05, 0) is 31.9 Å². The normalized spacial score (nSPS) is 22.2. The van der Waals surface area contributed by atoms with Crippen molar-refractivity contribution < 1.29 is 4.74 Å². The molecule has 2 fully saturated rings. The molecule has 1 spiro atoms. The topological polar surface area (TPSA) is 28.6 Å². The average Bonchev–Trinajstić information content (AvgIpc) is 3.22. The lowest BCUT2D eigenvalue weighted by Gasteiger charge is -2.47. The summed E-state index contributed by atoms with van der Waals surface area (Å²) in [6.07, 6.45) is 4.19. The van der Waals surface area contributed by atoms with Crippen molar-refractivity contribution in [3.05, 3.63) is 38.5 Å². The summed E-state index contributed by atoms with van der Waals surface area (Å²) in [4.78, 5) is 12.4. The standard InChI is InChI=1S/C18H25N3OS2/c1-15-2-3-16(24-15)12-20-7-4-18(5-8-20)14-21(9-10-22-18)13-17-19-6-11-23-17/h2-3,6,11H,4-5,7-10,12-14H2,1H3. The summed E-state index contributed by atoms with van der Waals surface area (Å²) >= 11 is 3.68. The minimum absolute atomic E-state index is 0.0668. The van der Waals surface area contributed by atoms with Gasteiger partial charge < -0.3 is 4.74 Å². The Morgan fingerprint density at radius 2 is 2.04 bits per heavy atom. The van der Waals surface area contributed by atoms with Gasteiger partial charge in [0.05, 0.1) is 18.8 Å². The number of nitrogens with zero attached hydrogens (tertiary/aromatic N) is 3. The molecule has 6 heteroatoms. The molecule has 2 saturated heterocycles. The summed E-state index contributed by atoms with van der Waals surface area (Å²) in [7, 11) is 0. The number of piperidine rings is 1. The number of thiophene rings is 1. The highest BCUT2D eigenvalue weighted by Gasteiger charge is 2.39.